The van der Waals surface area contributed by atoms with E-state index in [4.69, 9.17) is 0 Å². The van der Waals surface area contributed by atoms with Crippen molar-refractivity contribution < 1.29 is 4.79 Å². The first-order chi connectivity index (χ1) is 14.2. The van der Waals surface area contributed by atoms with Crippen LogP contribution < -0.4 is 10.9 Å². The normalized spacial score (nSPS) is 10.6. The van der Waals surface area contributed by atoms with E-state index in [9.17, 15) is 9.59 Å². The minimum absolute atomic E-state index is 0.179. The lowest BCUT2D eigenvalue weighted by Gasteiger charge is -2.11. The van der Waals surface area contributed by atoms with Crippen LogP contribution in [0.2, 0.25) is 0 Å². The molecule has 7 nitrogen and oxygen atoms in total. The third-order valence-corrected chi connectivity index (χ3v) is 4.48. The van der Waals surface area contributed by atoms with Crippen LogP contribution in [0, 0.1) is 0 Å². The minimum atomic E-state index is -0.344. The average molecular weight is 385 g/mol. The second kappa shape index (κ2) is 8.35. The van der Waals surface area contributed by atoms with Crippen molar-refractivity contribution in [2.24, 2.45) is 0 Å². The zero-order valence-electron chi connectivity index (χ0n) is 15.6. The van der Waals surface area contributed by atoms with Gasteiger partial charge in [-0.15, -0.1) is 0 Å². The average Bonchev–Trinajstić information content (AvgIpc) is 3.27. The summed E-state index contributed by atoms with van der Waals surface area (Å²) in [6.45, 7) is 0.971. The molecule has 4 rings (SSSR count). The van der Waals surface area contributed by atoms with Crippen molar-refractivity contribution in [2.75, 3.05) is 0 Å². The molecule has 2 aromatic carbocycles. The summed E-state index contributed by atoms with van der Waals surface area (Å²) in [6.07, 6.45) is 3.63. The Morgan fingerprint density at radius 3 is 2.41 bits per heavy atom. The molecule has 0 aliphatic carbocycles. The highest BCUT2D eigenvalue weighted by molar-refractivity contribution is 5.92. The third kappa shape index (κ3) is 4.30. The second-order valence-electron chi connectivity index (χ2n) is 6.46. The molecule has 0 saturated carbocycles. The van der Waals surface area contributed by atoms with Crippen LogP contribution in [-0.4, -0.2) is 25.5 Å². The first-order valence-electron chi connectivity index (χ1n) is 9.19. The van der Waals surface area contributed by atoms with Crippen molar-refractivity contribution in [3.05, 3.63) is 112 Å². The predicted molar refractivity (Wildman–Crippen MR) is 109 cm³/mol. The maximum absolute atomic E-state index is 12.6. The van der Waals surface area contributed by atoms with Gasteiger partial charge in [-0.1, -0.05) is 42.5 Å². The number of para-hydroxylation sites is 1. The summed E-state index contributed by atoms with van der Waals surface area (Å²) < 4.78 is 3.05. The van der Waals surface area contributed by atoms with E-state index in [1.165, 1.54) is 16.8 Å². The van der Waals surface area contributed by atoms with Crippen molar-refractivity contribution in [3.63, 3.8) is 0 Å². The molecule has 144 valence electrons. The molecule has 2 aromatic heterocycles. The number of hydrogen-bond donors (Lipinski definition) is 1. The fourth-order valence-electron chi connectivity index (χ4n) is 3.01. The standard InChI is InChI=1S/C22H19N5O2/c28-21-12-11-20(25-27(21)19-9-2-1-3-10-19)22(29)23-15-17-7-4-5-8-18(17)16-26-14-6-13-24-26/h1-14H,15-16H2,(H,23,29). The summed E-state index contributed by atoms with van der Waals surface area (Å²) in [4.78, 5) is 24.8. The van der Waals surface area contributed by atoms with Gasteiger partial charge in [0.15, 0.2) is 0 Å². The van der Waals surface area contributed by atoms with E-state index in [0.717, 1.165) is 11.1 Å². The Labute approximate surface area is 167 Å². The summed E-state index contributed by atoms with van der Waals surface area (Å²) in [6, 6.07) is 21.5. The molecule has 0 bridgehead atoms. The van der Waals surface area contributed by atoms with E-state index < -0.39 is 0 Å². The lowest BCUT2D eigenvalue weighted by Crippen LogP contribution is -2.29. The predicted octanol–water partition coefficient (Wildman–Crippen LogP) is 2.41. The van der Waals surface area contributed by atoms with E-state index in [0.29, 0.717) is 18.8 Å². The van der Waals surface area contributed by atoms with Crippen molar-refractivity contribution in [1.82, 2.24) is 24.9 Å². The van der Waals surface area contributed by atoms with Crippen LogP contribution in [0.1, 0.15) is 21.6 Å². The molecular formula is C22H19N5O2. The Hall–Kier alpha value is -4.00. The number of rotatable bonds is 6. The molecule has 0 spiro atoms. The highest BCUT2D eigenvalue weighted by Crippen LogP contribution is 2.11. The Kier molecular flexibility index (Phi) is 5.29. The molecule has 0 atom stereocenters. The number of nitrogens with zero attached hydrogens (tertiary/aromatic N) is 4. The van der Waals surface area contributed by atoms with Crippen LogP contribution in [0.15, 0.2) is 90.0 Å². The molecule has 0 saturated heterocycles. The molecule has 0 fully saturated rings. The van der Waals surface area contributed by atoms with Crippen molar-refractivity contribution >= 4 is 5.91 Å². The lowest BCUT2D eigenvalue weighted by molar-refractivity contribution is 0.0944. The highest BCUT2D eigenvalue weighted by Gasteiger charge is 2.11. The molecule has 1 N–H and O–H groups in total. The van der Waals surface area contributed by atoms with E-state index >= 15 is 0 Å². The number of amides is 1. The Balaban J connectivity index is 1.51. The van der Waals surface area contributed by atoms with E-state index in [1.54, 1.807) is 18.3 Å². The Morgan fingerprint density at radius 2 is 1.66 bits per heavy atom. The van der Waals surface area contributed by atoms with Crippen LogP contribution in [0.4, 0.5) is 0 Å². The molecule has 2 heterocycles. The molecule has 29 heavy (non-hydrogen) atoms. The summed E-state index contributed by atoms with van der Waals surface area (Å²) >= 11 is 0. The second-order valence-corrected chi connectivity index (χ2v) is 6.46. The van der Waals surface area contributed by atoms with Gasteiger partial charge < -0.3 is 5.32 Å². The number of aromatic nitrogens is 4. The first-order valence-corrected chi connectivity index (χ1v) is 9.19. The topological polar surface area (TPSA) is 81.8 Å². The zero-order valence-corrected chi connectivity index (χ0v) is 15.6. The van der Waals surface area contributed by atoms with Gasteiger partial charge in [0.1, 0.15) is 5.69 Å². The van der Waals surface area contributed by atoms with Gasteiger partial charge in [0.2, 0.25) is 0 Å². The van der Waals surface area contributed by atoms with E-state index in [2.05, 4.69) is 15.5 Å². The smallest absolute Gasteiger partial charge is 0.272 e. The van der Waals surface area contributed by atoms with Gasteiger partial charge in [0, 0.05) is 25.0 Å². The van der Waals surface area contributed by atoms with E-state index in [1.807, 2.05) is 59.4 Å². The van der Waals surface area contributed by atoms with E-state index in [-0.39, 0.29) is 17.2 Å². The summed E-state index contributed by atoms with van der Waals surface area (Å²) in [5.41, 5.74) is 2.55. The summed E-state index contributed by atoms with van der Waals surface area (Å²) in [7, 11) is 0. The Morgan fingerprint density at radius 1 is 0.897 bits per heavy atom. The zero-order chi connectivity index (χ0) is 20.1. The fourth-order valence-corrected chi connectivity index (χ4v) is 3.01. The molecule has 4 aromatic rings. The fraction of sp³-hybridized carbons (Fsp3) is 0.0909. The Bertz CT molecular complexity index is 1170. The summed E-state index contributed by atoms with van der Waals surface area (Å²) in [5.74, 6) is -0.344. The van der Waals surface area contributed by atoms with Crippen LogP contribution in [0.25, 0.3) is 5.69 Å². The van der Waals surface area contributed by atoms with Gasteiger partial charge in [0.25, 0.3) is 11.5 Å². The van der Waals surface area contributed by atoms with Crippen LogP contribution in [-0.2, 0) is 13.1 Å². The van der Waals surface area contributed by atoms with Crippen LogP contribution in [0.5, 0.6) is 0 Å². The van der Waals surface area contributed by atoms with Crippen molar-refractivity contribution in [3.8, 4) is 5.69 Å². The third-order valence-electron chi connectivity index (χ3n) is 4.48. The molecular weight excluding hydrogens is 366 g/mol. The number of nitrogens with one attached hydrogen (secondary N) is 1. The number of carbonyl (C=O) groups excluding carboxylic acids is 1. The molecule has 0 aliphatic heterocycles. The van der Waals surface area contributed by atoms with Crippen molar-refractivity contribution in [2.45, 2.75) is 13.1 Å². The number of hydrogen-bond acceptors (Lipinski definition) is 4. The highest BCUT2D eigenvalue weighted by atomic mass is 16.2. The van der Waals surface area contributed by atoms with Crippen LogP contribution in [0.3, 0.4) is 0 Å². The quantitative estimate of drug-likeness (QED) is 0.553. The maximum Gasteiger partial charge on any atom is 0.272 e. The van der Waals surface area contributed by atoms with Crippen molar-refractivity contribution in [1.29, 1.82) is 0 Å². The van der Waals surface area contributed by atoms with Gasteiger partial charge >= 0.3 is 0 Å². The lowest BCUT2D eigenvalue weighted by atomic mass is 10.1. The number of carbonyl (C=O) groups is 1. The molecule has 7 heteroatoms. The van der Waals surface area contributed by atoms with Gasteiger partial charge in [-0.05, 0) is 35.4 Å². The first kappa shape index (κ1) is 18.4. The van der Waals surface area contributed by atoms with Crippen LogP contribution >= 0.6 is 0 Å². The largest absolute Gasteiger partial charge is 0.347 e. The maximum atomic E-state index is 12.6. The van der Waals surface area contributed by atoms with Gasteiger partial charge in [0.05, 0.1) is 12.2 Å². The number of benzene rings is 2. The molecule has 0 radical (unpaired) electrons. The monoisotopic (exact) mass is 385 g/mol. The van der Waals surface area contributed by atoms with Gasteiger partial charge in [-0.2, -0.15) is 14.9 Å². The van der Waals surface area contributed by atoms with Gasteiger partial charge in [-0.3, -0.25) is 14.3 Å². The summed E-state index contributed by atoms with van der Waals surface area (Å²) in [5, 5.41) is 11.3. The van der Waals surface area contributed by atoms with Gasteiger partial charge in [-0.25, -0.2) is 0 Å². The SMILES string of the molecule is O=C(NCc1ccccc1Cn1cccn1)c1ccc(=O)n(-c2ccccc2)n1. The molecule has 0 aliphatic rings. The molecule has 0 unspecified atom stereocenters. The molecule has 1 amide bonds. The minimum Gasteiger partial charge on any atom is -0.347 e.